The summed E-state index contributed by atoms with van der Waals surface area (Å²) < 4.78 is 5.46. The molecular formula is C31H25N3O3. The summed E-state index contributed by atoms with van der Waals surface area (Å²) in [5, 5.41) is 2.78. The van der Waals surface area contributed by atoms with E-state index in [1.165, 1.54) is 0 Å². The lowest BCUT2D eigenvalue weighted by molar-refractivity contribution is -0.123. The summed E-state index contributed by atoms with van der Waals surface area (Å²) in [4.78, 5) is 35.2. The van der Waals surface area contributed by atoms with E-state index >= 15 is 0 Å². The van der Waals surface area contributed by atoms with Gasteiger partial charge >= 0.3 is 5.97 Å². The van der Waals surface area contributed by atoms with Gasteiger partial charge in [-0.25, -0.2) is 14.8 Å². The molecule has 6 nitrogen and oxygen atoms in total. The Kier molecular flexibility index (Phi) is 6.72. The molecule has 0 saturated heterocycles. The molecule has 0 fully saturated rings. The Morgan fingerprint density at radius 1 is 0.730 bits per heavy atom. The predicted molar refractivity (Wildman–Crippen MR) is 145 cm³/mol. The Morgan fingerprint density at radius 2 is 1.35 bits per heavy atom. The highest BCUT2D eigenvalue weighted by molar-refractivity contribution is 5.99. The van der Waals surface area contributed by atoms with Gasteiger partial charge in [-0.05, 0) is 49.7 Å². The molecule has 0 aliphatic carbocycles. The van der Waals surface area contributed by atoms with Crippen molar-refractivity contribution in [1.29, 1.82) is 0 Å². The minimum Gasteiger partial charge on any atom is -0.449 e. The second-order valence-corrected chi connectivity index (χ2v) is 8.76. The van der Waals surface area contributed by atoms with Crippen LogP contribution >= 0.6 is 0 Å². The quantitative estimate of drug-likeness (QED) is 0.278. The van der Waals surface area contributed by atoms with Crippen molar-refractivity contribution in [3.63, 3.8) is 0 Å². The van der Waals surface area contributed by atoms with Gasteiger partial charge in [-0.3, -0.25) is 4.79 Å². The van der Waals surface area contributed by atoms with Gasteiger partial charge in [0.1, 0.15) is 0 Å². The van der Waals surface area contributed by atoms with E-state index in [2.05, 4.69) is 5.32 Å². The van der Waals surface area contributed by atoms with Crippen LogP contribution in [0.4, 0.5) is 5.69 Å². The Bertz CT molecular complexity index is 1580. The van der Waals surface area contributed by atoms with E-state index in [9.17, 15) is 9.59 Å². The number of hydrogen-bond donors (Lipinski definition) is 1. The molecule has 0 radical (unpaired) electrons. The number of nitrogens with one attached hydrogen (secondary N) is 1. The first kappa shape index (κ1) is 23.9. The zero-order chi connectivity index (χ0) is 25.8. The van der Waals surface area contributed by atoms with Crippen LogP contribution in [0.2, 0.25) is 0 Å². The molecule has 1 aromatic heterocycles. The zero-order valence-electron chi connectivity index (χ0n) is 20.5. The molecule has 1 amide bonds. The molecule has 1 N–H and O–H groups in total. The minimum atomic E-state index is -0.977. The molecule has 5 rings (SSSR count). The third-order valence-electron chi connectivity index (χ3n) is 5.93. The first-order valence-corrected chi connectivity index (χ1v) is 12.0. The topological polar surface area (TPSA) is 81.2 Å². The van der Waals surface area contributed by atoms with E-state index in [1.54, 1.807) is 31.2 Å². The molecular weight excluding hydrogens is 462 g/mol. The monoisotopic (exact) mass is 487 g/mol. The third kappa shape index (κ3) is 5.38. The molecule has 4 aromatic carbocycles. The summed E-state index contributed by atoms with van der Waals surface area (Å²) in [6, 6.07) is 32.2. The van der Waals surface area contributed by atoms with Crippen molar-refractivity contribution in [3.05, 3.63) is 114 Å². The number of esters is 1. The fourth-order valence-corrected chi connectivity index (χ4v) is 4.02. The van der Waals surface area contributed by atoms with Crippen LogP contribution < -0.4 is 5.32 Å². The van der Waals surface area contributed by atoms with Crippen LogP contribution in [0.1, 0.15) is 22.8 Å². The van der Waals surface area contributed by atoms with Crippen molar-refractivity contribution in [2.45, 2.75) is 20.0 Å². The summed E-state index contributed by atoms with van der Waals surface area (Å²) in [5.74, 6) is -1.01. The highest BCUT2D eigenvalue weighted by atomic mass is 16.5. The standard InChI is InChI=1S/C31H25N3O3/c1-20-10-9-15-25(18-20)32-30(35)21(2)37-31(36)24-16-17-26-27(19-24)34-29(23-13-7-4-8-14-23)28(33-26)22-11-5-3-6-12-22/h3-19,21H,1-2H3,(H,32,35). The summed E-state index contributed by atoms with van der Waals surface area (Å²) in [5.41, 5.74) is 6.53. The molecule has 0 spiro atoms. The van der Waals surface area contributed by atoms with Gasteiger partial charge in [0.25, 0.3) is 5.91 Å². The number of amides is 1. The van der Waals surface area contributed by atoms with Crippen LogP contribution in [-0.2, 0) is 9.53 Å². The Labute approximate surface area is 215 Å². The lowest BCUT2D eigenvalue weighted by Crippen LogP contribution is -2.30. The number of carbonyl (C=O) groups excluding carboxylic acids is 2. The summed E-state index contributed by atoms with van der Waals surface area (Å²) in [6.07, 6.45) is -0.977. The highest BCUT2D eigenvalue weighted by Gasteiger charge is 2.20. The Balaban J connectivity index is 1.43. The third-order valence-corrected chi connectivity index (χ3v) is 5.93. The predicted octanol–water partition coefficient (Wildman–Crippen LogP) is 6.46. The van der Waals surface area contributed by atoms with Crippen molar-refractivity contribution in [3.8, 4) is 22.5 Å². The number of fused-ring (bicyclic) bond motifs is 1. The number of benzene rings is 4. The number of carbonyl (C=O) groups is 2. The lowest BCUT2D eigenvalue weighted by atomic mass is 10.0. The Morgan fingerprint density at radius 3 is 1.97 bits per heavy atom. The number of anilines is 1. The minimum absolute atomic E-state index is 0.295. The van der Waals surface area contributed by atoms with E-state index < -0.39 is 18.0 Å². The summed E-state index contributed by atoms with van der Waals surface area (Å²) in [7, 11) is 0. The number of nitrogens with zero attached hydrogens (tertiary/aromatic N) is 2. The lowest BCUT2D eigenvalue weighted by Gasteiger charge is -2.14. The van der Waals surface area contributed by atoms with E-state index in [1.807, 2.05) is 85.8 Å². The van der Waals surface area contributed by atoms with E-state index in [0.29, 0.717) is 22.3 Å². The van der Waals surface area contributed by atoms with Gasteiger partial charge in [0.2, 0.25) is 0 Å². The number of aryl methyl sites for hydroxylation is 1. The molecule has 6 heteroatoms. The highest BCUT2D eigenvalue weighted by Crippen LogP contribution is 2.31. The van der Waals surface area contributed by atoms with Crippen LogP contribution in [-0.4, -0.2) is 27.9 Å². The Hall–Kier alpha value is -4.84. The number of rotatable bonds is 6. The van der Waals surface area contributed by atoms with Gasteiger partial charge in [-0.15, -0.1) is 0 Å². The van der Waals surface area contributed by atoms with Crippen molar-refractivity contribution < 1.29 is 14.3 Å². The SMILES string of the molecule is Cc1cccc(NC(=O)C(C)OC(=O)c2ccc3nc(-c4ccccc4)c(-c4ccccc4)nc3c2)c1. The molecule has 182 valence electrons. The van der Waals surface area contributed by atoms with Gasteiger partial charge in [-0.1, -0.05) is 72.8 Å². The average molecular weight is 488 g/mol. The first-order chi connectivity index (χ1) is 18.0. The second kappa shape index (κ2) is 10.4. The van der Waals surface area contributed by atoms with Crippen LogP contribution in [0, 0.1) is 6.92 Å². The van der Waals surface area contributed by atoms with Crippen molar-refractivity contribution >= 4 is 28.6 Å². The zero-order valence-corrected chi connectivity index (χ0v) is 20.5. The molecule has 0 aliphatic rings. The molecule has 1 heterocycles. The van der Waals surface area contributed by atoms with Crippen LogP contribution in [0.25, 0.3) is 33.5 Å². The molecule has 1 atom stereocenters. The maximum absolute atomic E-state index is 12.9. The summed E-state index contributed by atoms with van der Waals surface area (Å²) >= 11 is 0. The molecule has 0 saturated carbocycles. The summed E-state index contributed by atoms with van der Waals surface area (Å²) in [6.45, 7) is 3.48. The van der Waals surface area contributed by atoms with E-state index in [-0.39, 0.29) is 0 Å². The number of hydrogen-bond acceptors (Lipinski definition) is 5. The molecule has 0 aliphatic heterocycles. The second-order valence-electron chi connectivity index (χ2n) is 8.76. The number of aromatic nitrogens is 2. The molecule has 0 bridgehead atoms. The van der Waals surface area contributed by atoms with Crippen molar-refractivity contribution in [1.82, 2.24) is 9.97 Å². The van der Waals surface area contributed by atoms with Gasteiger partial charge in [0, 0.05) is 16.8 Å². The maximum Gasteiger partial charge on any atom is 0.338 e. The largest absolute Gasteiger partial charge is 0.449 e. The smallest absolute Gasteiger partial charge is 0.338 e. The van der Waals surface area contributed by atoms with Crippen LogP contribution in [0.3, 0.4) is 0 Å². The molecule has 5 aromatic rings. The van der Waals surface area contributed by atoms with E-state index in [0.717, 1.165) is 28.1 Å². The average Bonchev–Trinajstić information content (AvgIpc) is 2.93. The molecule has 37 heavy (non-hydrogen) atoms. The van der Waals surface area contributed by atoms with Crippen molar-refractivity contribution in [2.24, 2.45) is 0 Å². The normalized spacial score (nSPS) is 11.6. The van der Waals surface area contributed by atoms with Gasteiger partial charge in [-0.2, -0.15) is 0 Å². The molecule has 1 unspecified atom stereocenters. The number of ether oxygens (including phenoxy) is 1. The first-order valence-electron chi connectivity index (χ1n) is 12.0. The van der Waals surface area contributed by atoms with Crippen LogP contribution in [0.5, 0.6) is 0 Å². The fourth-order valence-electron chi connectivity index (χ4n) is 4.02. The maximum atomic E-state index is 12.9. The fraction of sp³-hybridized carbons (Fsp3) is 0.0968. The van der Waals surface area contributed by atoms with E-state index in [4.69, 9.17) is 14.7 Å². The van der Waals surface area contributed by atoms with Gasteiger partial charge < -0.3 is 10.1 Å². The van der Waals surface area contributed by atoms with Crippen LogP contribution in [0.15, 0.2) is 103 Å². The van der Waals surface area contributed by atoms with Gasteiger partial charge in [0.05, 0.1) is 28.0 Å². The van der Waals surface area contributed by atoms with Gasteiger partial charge in [0.15, 0.2) is 6.10 Å². The van der Waals surface area contributed by atoms with Crippen molar-refractivity contribution in [2.75, 3.05) is 5.32 Å².